The Bertz CT molecular complexity index is 706. The van der Waals surface area contributed by atoms with Crippen molar-refractivity contribution in [3.05, 3.63) is 46.9 Å². The standard InChI is InChI=1S/C16H17FN4O/c1-2-15-19-16(20-22-15)14-4-3-7-21(14)10-11-5-6-13(17)8-12(11)9-18/h5-6,8,14H,2-4,7,10H2,1H3. The number of hydrogen-bond acceptors (Lipinski definition) is 5. The molecule has 2 aromatic rings. The Morgan fingerprint density at radius 1 is 1.50 bits per heavy atom. The first-order valence-corrected chi connectivity index (χ1v) is 7.46. The van der Waals surface area contributed by atoms with Crippen molar-refractivity contribution >= 4 is 0 Å². The number of nitrogens with zero attached hydrogens (tertiary/aromatic N) is 4. The van der Waals surface area contributed by atoms with Gasteiger partial charge in [0, 0.05) is 13.0 Å². The molecule has 0 N–H and O–H groups in total. The van der Waals surface area contributed by atoms with Gasteiger partial charge in [0.25, 0.3) is 0 Å². The summed E-state index contributed by atoms with van der Waals surface area (Å²) in [5.41, 5.74) is 1.21. The molecule has 0 spiro atoms. The zero-order valence-corrected chi connectivity index (χ0v) is 12.4. The van der Waals surface area contributed by atoms with Gasteiger partial charge in [0.15, 0.2) is 5.82 Å². The van der Waals surface area contributed by atoms with Crippen LogP contribution in [-0.2, 0) is 13.0 Å². The minimum atomic E-state index is -0.385. The summed E-state index contributed by atoms with van der Waals surface area (Å²) in [6, 6.07) is 6.51. The van der Waals surface area contributed by atoms with Gasteiger partial charge in [-0.15, -0.1) is 0 Å². The molecule has 0 saturated carbocycles. The van der Waals surface area contributed by atoms with E-state index < -0.39 is 0 Å². The minimum Gasteiger partial charge on any atom is -0.339 e. The molecular formula is C16H17FN4O. The topological polar surface area (TPSA) is 66.0 Å². The van der Waals surface area contributed by atoms with Gasteiger partial charge in [-0.3, -0.25) is 4.90 Å². The fourth-order valence-electron chi connectivity index (χ4n) is 2.86. The van der Waals surface area contributed by atoms with Gasteiger partial charge >= 0.3 is 0 Å². The minimum absolute atomic E-state index is 0.0978. The molecule has 1 aliphatic heterocycles. The first-order chi connectivity index (χ1) is 10.7. The maximum Gasteiger partial charge on any atom is 0.226 e. The molecular weight excluding hydrogens is 283 g/mol. The largest absolute Gasteiger partial charge is 0.339 e. The van der Waals surface area contributed by atoms with Crippen LogP contribution >= 0.6 is 0 Å². The first kappa shape index (κ1) is 14.7. The summed E-state index contributed by atoms with van der Waals surface area (Å²) in [7, 11) is 0. The van der Waals surface area contributed by atoms with E-state index in [2.05, 4.69) is 21.1 Å². The average molecular weight is 300 g/mol. The number of aromatic nitrogens is 2. The smallest absolute Gasteiger partial charge is 0.226 e. The highest BCUT2D eigenvalue weighted by Gasteiger charge is 2.30. The summed E-state index contributed by atoms with van der Waals surface area (Å²) in [6.45, 7) is 3.47. The third kappa shape index (κ3) is 2.85. The van der Waals surface area contributed by atoms with Gasteiger partial charge in [-0.1, -0.05) is 18.1 Å². The number of likely N-dealkylation sites (tertiary alicyclic amines) is 1. The Labute approximate surface area is 128 Å². The highest BCUT2D eigenvalue weighted by molar-refractivity contribution is 5.38. The highest BCUT2D eigenvalue weighted by Crippen LogP contribution is 2.32. The van der Waals surface area contributed by atoms with E-state index in [4.69, 9.17) is 9.78 Å². The highest BCUT2D eigenvalue weighted by atomic mass is 19.1. The van der Waals surface area contributed by atoms with Crippen molar-refractivity contribution in [1.82, 2.24) is 15.0 Å². The molecule has 0 radical (unpaired) electrons. The van der Waals surface area contributed by atoms with Crippen LogP contribution in [0.3, 0.4) is 0 Å². The van der Waals surface area contributed by atoms with Gasteiger partial charge in [-0.2, -0.15) is 10.2 Å². The summed E-state index contributed by atoms with van der Waals surface area (Å²) < 4.78 is 18.4. The second kappa shape index (κ2) is 6.24. The Morgan fingerprint density at radius 3 is 3.09 bits per heavy atom. The maximum absolute atomic E-state index is 13.2. The van der Waals surface area contributed by atoms with E-state index in [-0.39, 0.29) is 11.9 Å². The average Bonchev–Trinajstić information content (AvgIpc) is 3.17. The van der Waals surface area contributed by atoms with Crippen molar-refractivity contribution in [2.45, 2.75) is 38.8 Å². The molecule has 1 aromatic heterocycles. The number of nitriles is 1. The molecule has 3 rings (SSSR count). The van der Waals surface area contributed by atoms with Crippen LogP contribution in [0.5, 0.6) is 0 Å². The van der Waals surface area contributed by atoms with Crippen LogP contribution in [0.2, 0.25) is 0 Å². The third-order valence-corrected chi connectivity index (χ3v) is 4.01. The Morgan fingerprint density at radius 2 is 2.36 bits per heavy atom. The molecule has 1 unspecified atom stereocenters. The molecule has 1 fully saturated rings. The SMILES string of the molecule is CCc1nc(C2CCCN2Cc2ccc(F)cc2C#N)no1. The van der Waals surface area contributed by atoms with Crippen molar-refractivity contribution < 1.29 is 8.91 Å². The van der Waals surface area contributed by atoms with E-state index >= 15 is 0 Å². The van der Waals surface area contributed by atoms with Crippen LogP contribution in [0, 0.1) is 17.1 Å². The van der Waals surface area contributed by atoms with Gasteiger partial charge in [0.2, 0.25) is 5.89 Å². The van der Waals surface area contributed by atoms with E-state index in [9.17, 15) is 4.39 Å². The summed E-state index contributed by atoms with van der Waals surface area (Å²) in [4.78, 5) is 6.64. The van der Waals surface area contributed by atoms with Gasteiger partial charge in [0.1, 0.15) is 5.82 Å². The van der Waals surface area contributed by atoms with E-state index in [0.717, 1.165) is 31.4 Å². The molecule has 22 heavy (non-hydrogen) atoms. The van der Waals surface area contributed by atoms with Crippen molar-refractivity contribution in [2.24, 2.45) is 0 Å². The van der Waals surface area contributed by atoms with Crippen LogP contribution in [-0.4, -0.2) is 21.6 Å². The van der Waals surface area contributed by atoms with Crippen LogP contribution < -0.4 is 0 Å². The molecule has 114 valence electrons. The maximum atomic E-state index is 13.2. The molecule has 1 atom stereocenters. The van der Waals surface area contributed by atoms with Crippen LogP contribution in [0.1, 0.15) is 48.6 Å². The fourth-order valence-corrected chi connectivity index (χ4v) is 2.86. The summed E-state index contributed by atoms with van der Waals surface area (Å²) in [6.07, 6.45) is 2.73. The van der Waals surface area contributed by atoms with Gasteiger partial charge in [0.05, 0.1) is 17.7 Å². The van der Waals surface area contributed by atoms with Crippen molar-refractivity contribution in [3.63, 3.8) is 0 Å². The molecule has 0 aliphatic carbocycles. The van der Waals surface area contributed by atoms with E-state index in [1.54, 1.807) is 6.07 Å². The first-order valence-electron chi connectivity index (χ1n) is 7.46. The number of halogens is 1. The quantitative estimate of drug-likeness (QED) is 0.868. The molecule has 1 aliphatic rings. The second-order valence-electron chi connectivity index (χ2n) is 5.44. The number of benzene rings is 1. The monoisotopic (exact) mass is 300 g/mol. The molecule has 5 nitrogen and oxygen atoms in total. The lowest BCUT2D eigenvalue weighted by Crippen LogP contribution is -2.24. The fraction of sp³-hybridized carbons (Fsp3) is 0.438. The van der Waals surface area contributed by atoms with E-state index in [0.29, 0.717) is 23.8 Å². The predicted molar refractivity (Wildman–Crippen MR) is 77.2 cm³/mol. The molecule has 6 heteroatoms. The van der Waals surface area contributed by atoms with Crippen molar-refractivity contribution in [2.75, 3.05) is 6.54 Å². The van der Waals surface area contributed by atoms with Gasteiger partial charge < -0.3 is 4.52 Å². The van der Waals surface area contributed by atoms with Crippen molar-refractivity contribution in [1.29, 1.82) is 5.26 Å². The lowest BCUT2D eigenvalue weighted by molar-refractivity contribution is 0.234. The second-order valence-corrected chi connectivity index (χ2v) is 5.44. The lowest BCUT2D eigenvalue weighted by Gasteiger charge is -2.22. The Balaban J connectivity index is 1.81. The number of rotatable bonds is 4. The summed E-state index contributed by atoms with van der Waals surface area (Å²) in [5.74, 6) is 0.959. The molecule has 0 amide bonds. The third-order valence-electron chi connectivity index (χ3n) is 4.01. The molecule has 1 saturated heterocycles. The zero-order chi connectivity index (χ0) is 15.5. The van der Waals surface area contributed by atoms with Gasteiger partial charge in [-0.25, -0.2) is 4.39 Å². The Hall–Kier alpha value is -2.26. The van der Waals surface area contributed by atoms with E-state index in [1.807, 2.05) is 6.92 Å². The van der Waals surface area contributed by atoms with Gasteiger partial charge in [-0.05, 0) is 37.1 Å². The summed E-state index contributed by atoms with van der Waals surface area (Å²) >= 11 is 0. The van der Waals surface area contributed by atoms with Crippen LogP contribution in [0.15, 0.2) is 22.7 Å². The number of aryl methyl sites for hydroxylation is 1. The molecule has 2 heterocycles. The molecule has 1 aromatic carbocycles. The lowest BCUT2D eigenvalue weighted by atomic mass is 10.1. The number of hydrogen-bond donors (Lipinski definition) is 0. The summed E-state index contributed by atoms with van der Waals surface area (Å²) in [5, 5.41) is 13.2. The van der Waals surface area contributed by atoms with Crippen molar-refractivity contribution in [3.8, 4) is 6.07 Å². The molecule has 0 bridgehead atoms. The van der Waals surface area contributed by atoms with E-state index in [1.165, 1.54) is 12.1 Å². The zero-order valence-electron chi connectivity index (χ0n) is 12.4. The van der Waals surface area contributed by atoms with Crippen LogP contribution in [0.4, 0.5) is 4.39 Å². The normalized spacial score (nSPS) is 18.5. The van der Waals surface area contributed by atoms with Crippen LogP contribution in [0.25, 0.3) is 0 Å². The predicted octanol–water partition coefficient (Wildman–Crippen LogP) is 2.98. The Kier molecular flexibility index (Phi) is 4.16.